The average Bonchev–Trinajstić information content (AvgIpc) is 3.02. The van der Waals surface area contributed by atoms with Gasteiger partial charge in [-0.2, -0.15) is 5.10 Å². The Hall–Kier alpha value is -2.76. The van der Waals surface area contributed by atoms with Crippen molar-refractivity contribution in [3.05, 3.63) is 47.3 Å². The highest BCUT2D eigenvalue weighted by Crippen LogP contribution is 2.28. The van der Waals surface area contributed by atoms with E-state index < -0.39 is 0 Å². The maximum atomic E-state index is 12.2. The van der Waals surface area contributed by atoms with Crippen molar-refractivity contribution in [2.75, 3.05) is 20.3 Å². The molecule has 1 heterocycles. The van der Waals surface area contributed by atoms with Gasteiger partial charge in [0.2, 0.25) is 5.91 Å². The lowest BCUT2D eigenvalue weighted by atomic mass is 10.1. The Balaban J connectivity index is 1.85. The van der Waals surface area contributed by atoms with E-state index >= 15 is 0 Å². The van der Waals surface area contributed by atoms with Crippen LogP contribution in [0.15, 0.2) is 30.3 Å². The molecule has 6 nitrogen and oxygen atoms in total. The number of hydrogen-bond donors (Lipinski definition) is 1. The van der Waals surface area contributed by atoms with Gasteiger partial charge in [-0.1, -0.05) is 26.3 Å². The minimum Gasteiger partial charge on any atom is -0.493 e. The highest BCUT2D eigenvalue weighted by atomic mass is 16.5. The normalized spacial score (nSPS) is 12.2. The fraction of sp³-hybridized carbons (Fsp3) is 0.478. The maximum absolute atomic E-state index is 12.2. The van der Waals surface area contributed by atoms with Crippen molar-refractivity contribution in [3.63, 3.8) is 0 Å². The molecular weight excluding hydrogens is 366 g/mol. The van der Waals surface area contributed by atoms with Crippen molar-refractivity contribution in [2.24, 2.45) is 5.92 Å². The zero-order valence-corrected chi connectivity index (χ0v) is 18.2. The lowest BCUT2D eigenvalue weighted by Gasteiger charge is -2.13. The smallest absolute Gasteiger partial charge is 0.244 e. The largest absolute Gasteiger partial charge is 0.493 e. The molecule has 158 valence electrons. The molecule has 0 saturated heterocycles. The molecule has 0 spiro atoms. The predicted octanol–water partition coefficient (Wildman–Crippen LogP) is 4.15. The van der Waals surface area contributed by atoms with Gasteiger partial charge in [0.25, 0.3) is 0 Å². The van der Waals surface area contributed by atoms with Crippen molar-refractivity contribution < 1.29 is 14.3 Å². The third-order valence-corrected chi connectivity index (χ3v) is 4.58. The van der Waals surface area contributed by atoms with Gasteiger partial charge in [0.15, 0.2) is 11.5 Å². The Kier molecular flexibility index (Phi) is 8.77. The highest BCUT2D eigenvalue weighted by Gasteiger charge is 2.08. The van der Waals surface area contributed by atoms with E-state index in [0.29, 0.717) is 18.9 Å². The molecule has 0 aliphatic rings. The van der Waals surface area contributed by atoms with E-state index in [1.165, 1.54) is 0 Å². The summed E-state index contributed by atoms with van der Waals surface area (Å²) in [6.07, 6.45) is 5.41. The molecule has 2 aromatic rings. The summed E-state index contributed by atoms with van der Waals surface area (Å²) in [6.45, 7) is 10.3. The van der Waals surface area contributed by atoms with Crippen LogP contribution in [0.25, 0.3) is 6.08 Å². The molecule has 0 saturated carbocycles. The van der Waals surface area contributed by atoms with Crippen LogP contribution in [0.3, 0.4) is 0 Å². The second kappa shape index (κ2) is 11.3. The standard InChI is InChI=1S/C23H33N3O3/c1-6-7-12-29-21-10-8-20(14-22(21)28-5)9-11-23(27)24-15-17(2)16-26-19(4)13-18(3)25-26/h8-11,13-14,17H,6-7,12,15-16H2,1-5H3,(H,24,27)/b11-9+. The quantitative estimate of drug-likeness (QED) is 0.455. The number of hydrogen-bond acceptors (Lipinski definition) is 4. The molecule has 1 atom stereocenters. The molecule has 1 N–H and O–H groups in total. The lowest BCUT2D eigenvalue weighted by molar-refractivity contribution is -0.116. The number of nitrogens with one attached hydrogen (secondary N) is 1. The summed E-state index contributed by atoms with van der Waals surface area (Å²) >= 11 is 0. The first-order chi connectivity index (χ1) is 13.9. The van der Waals surface area contributed by atoms with E-state index in [9.17, 15) is 4.79 Å². The van der Waals surface area contributed by atoms with Crippen LogP contribution in [0.1, 0.15) is 43.6 Å². The topological polar surface area (TPSA) is 65.4 Å². The Labute approximate surface area is 173 Å². The first-order valence-electron chi connectivity index (χ1n) is 10.2. The van der Waals surface area contributed by atoms with Gasteiger partial charge < -0.3 is 14.8 Å². The highest BCUT2D eigenvalue weighted by molar-refractivity contribution is 5.91. The zero-order chi connectivity index (χ0) is 21.2. The van der Waals surface area contributed by atoms with E-state index in [-0.39, 0.29) is 11.8 Å². The number of aromatic nitrogens is 2. The first kappa shape index (κ1) is 22.5. The van der Waals surface area contributed by atoms with Crippen molar-refractivity contribution in [1.82, 2.24) is 15.1 Å². The third kappa shape index (κ3) is 7.29. The van der Waals surface area contributed by atoms with Crippen LogP contribution in [-0.4, -0.2) is 35.9 Å². The minimum absolute atomic E-state index is 0.118. The van der Waals surface area contributed by atoms with Gasteiger partial charge >= 0.3 is 0 Å². The lowest BCUT2D eigenvalue weighted by Crippen LogP contribution is -2.29. The Morgan fingerprint density at radius 2 is 2.07 bits per heavy atom. The van der Waals surface area contributed by atoms with Gasteiger partial charge in [0.1, 0.15) is 0 Å². The number of ether oxygens (including phenoxy) is 2. The summed E-state index contributed by atoms with van der Waals surface area (Å²) in [5.74, 6) is 1.56. The second-order valence-corrected chi connectivity index (χ2v) is 7.41. The monoisotopic (exact) mass is 399 g/mol. The van der Waals surface area contributed by atoms with Gasteiger partial charge in [-0.3, -0.25) is 9.48 Å². The molecule has 0 aliphatic heterocycles. The summed E-state index contributed by atoms with van der Waals surface area (Å²) in [7, 11) is 1.62. The van der Waals surface area contributed by atoms with Gasteiger partial charge in [-0.05, 0) is 56.0 Å². The molecule has 29 heavy (non-hydrogen) atoms. The summed E-state index contributed by atoms with van der Waals surface area (Å²) in [5, 5.41) is 7.42. The number of carbonyl (C=O) groups excluding carboxylic acids is 1. The Morgan fingerprint density at radius 3 is 2.72 bits per heavy atom. The Morgan fingerprint density at radius 1 is 1.28 bits per heavy atom. The molecule has 1 unspecified atom stereocenters. The molecule has 0 fully saturated rings. The summed E-state index contributed by atoms with van der Waals surface area (Å²) < 4.78 is 13.1. The molecule has 2 rings (SSSR count). The molecule has 0 bridgehead atoms. The maximum Gasteiger partial charge on any atom is 0.244 e. The van der Waals surface area contributed by atoms with Crippen LogP contribution in [0.2, 0.25) is 0 Å². The molecule has 6 heteroatoms. The fourth-order valence-corrected chi connectivity index (χ4v) is 2.96. The van der Waals surface area contributed by atoms with Gasteiger partial charge in [0.05, 0.1) is 19.4 Å². The van der Waals surface area contributed by atoms with Crippen molar-refractivity contribution in [3.8, 4) is 11.5 Å². The average molecular weight is 400 g/mol. The number of methoxy groups -OCH3 is 1. The Bertz CT molecular complexity index is 827. The van der Waals surface area contributed by atoms with Gasteiger partial charge in [-0.15, -0.1) is 0 Å². The van der Waals surface area contributed by atoms with E-state index in [1.54, 1.807) is 19.3 Å². The van der Waals surface area contributed by atoms with E-state index in [0.717, 1.165) is 42.1 Å². The zero-order valence-electron chi connectivity index (χ0n) is 18.2. The molecular formula is C23H33N3O3. The second-order valence-electron chi connectivity index (χ2n) is 7.41. The summed E-state index contributed by atoms with van der Waals surface area (Å²) in [5.41, 5.74) is 3.03. The van der Waals surface area contributed by atoms with Crippen LogP contribution in [-0.2, 0) is 11.3 Å². The van der Waals surface area contributed by atoms with Crippen molar-refractivity contribution in [1.29, 1.82) is 0 Å². The first-order valence-corrected chi connectivity index (χ1v) is 10.2. The number of aryl methyl sites for hydroxylation is 2. The number of rotatable bonds is 11. The molecule has 1 amide bonds. The van der Waals surface area contributed by atoms with Crippen molar-refractivity contribution >= 4 is 12.0 Å². The van der Waals surface area contributed by atoms with Crippen LogP contribution in [0.5, 0.6) is 11.5 Å². The minimum atomic E-state index is -0.118. The summed E-state index contributed by atoms with van der Waals surface area (Å²) in [4.78, 5) is 12.2. The predicted molar refractivity (Wildman–Crippen MR) is 116 cm³/mol. The number of nitrogens with zero attached hydrogens (tertiary/aromatic N) is 2. The van der Waals surface area contributed by atoms with Crippen LogP contribution in [0, 0.1) is 19.8 Å². The SMILES string of the molecule is CCCCOc1ccc(/C=C/C(=O)NCC(C)Cn2nc(C)cc2C)cc1OC. The molecule has 0 aliphatic carbocycles. The molecule has 1 aromatic carbocycles. The summed E-state index contributed by atoms with van der Waals surface area (Å²) in [6, 6.07) is 7.72. The number of benzene rings is 1. The number of carbonyl (C=O) groups is 1. The van der Waals surface area contributed by atoms with E-state index in [1.807, 2.05) is 36.7 Å². The number of unbranched alkanes of at least 4 members (excludes halogenated alkanes) is 1. The van der Waals surface area contributed by atoms with Crippen molar-refractivity contribution in [2.45, 2.75) is 47.1 Å². The van der Waals surface area contributed by atoms with E-state index in [2.05, 4.69) is 30.3 Å². The van der Waals surface area contributed by atoms with E-state index in [4.69, 9.17) is 9.47 Å². The molecule has 1 aromatic heterocycles. The van der Waals surface area contributed by atoms with Gasteiger partial charge in [-0.25, -0.2) is 0 Å². The number of amides is 1. The van der Waals surface area contributed by atoms with Gasteiger partial charge in [0, 0.05) is 24.9 Å². The van der Waals surface area contributed by atoms with Crippen LogP contribution >= 0.6 is 0 Å². The van der Waals surface area contributed by atoms with Crippen LogP contribution < -0.4 is 14.8 Å². The van der Waals surface area contributed by atoms with Crippen LogP contribution in [0.4, 0.5) is 0 Å². The molecule has 0 radical (unpaired) electrons. The third-order valence-electron chi connectivity index (χ3n) is 4.58. The fourth-order valence-electron chi connectivity index (χ4n) is 2.96.